The van der Waals surface area contributed by atoms with Crippen LogP contribution in [0.3, 0.4) is 0 Å². The Balaban J connectivity index is 1.35. The van der Waals surface area contributed by atoms with E-state index in [9.17, 15) is 14.0 Å². The van der Waals surface area contributed by atoms with Crippen molar-refractivity contribution in [2.24, 2.45) is 5.92 Å². The van der Waals surface area contributed by atoms with Gasteiger partial charge >= 0.3 is 6.03 Å². The Hall–Kier alpha value is -3.75. The van der Waals surface area contributed by atoms with Crippen molar-refractivity contribution in [1.82, 2.24) is 14.5 Å². The highest BCUT2D eigenvalue weighted by atomic mass is 19.1. The predicted octanol–water partition coefficient (Wildman–Crippen LogP) is 3.05. The molecule has 2 aliphatic rings. The molecule has 0 unspecified atom stereocenters. The van der Waals surface area contributed by atoms with Gasteiger partial charge in [-0.3, -0.25) is 4.79 Å². The van der Waals surface area contributed by atoms with Crippen LogP contribution in [0, 0.1) is 11.7 Å². The fraction of sp³-hybridized carbons (Fsp3) is 0.273. The van der Waals surface area contributed by atoms with Crippen LogP contribution in [0.4, 0.5) is 26.5 Å². The van der Waals surface area contributed by atoms with Gasteiger partial charge in [0.1, 0.15) is 11.5 Å². The minimum atomic E-state index is -0.591. The summed E-state index contributed by atoms with van der Waals surface area (Å²) in [6.45, 7) is 2.10. The number of halogens is 1. The first kappa shape index (κ1) is 19.2. The van der Waals surface area contributed by atoms with Crippen molar-refractivity contribution >= 4 is 23.4 Å². The molecule has 31 heavy (non-hydrogen) atoms. The van der Waals surface area contributed by atoms with Crippen molar-refractivity contribution < 1.29 is 9.18 Å². The summed E-state index contributed by atoms with van der Waals surface area (Å²) in [6, 6.07) is 10.3. The number of anilines is 3. The second kappa shape index (κ2) is 7.82. The smallest absolute Gasteiger partial charge is 0.323 e. The van der Waals surface area contributed by atoms with E-state index in [1.165, 1.54) is 18.2 Å². The first-order valence-corrected chi connectivity index (χ1v) is 10.2. The van der Waals surface area contributed by atoms with Crippen molar-refractivity contribution in [3.63, 3.8) is 0 Å². The van der Waals surface area contributed by atoms with E-state index in [0.29, 0.717) is 24.1 Å². The van der Waals surface area contributed by atoms with E-state index in [4.69, 9.17) is 0 Å². The molecule has 8 nitrogen and oxygen atoms in total. The number of amides is 2. The summed E-state index contributed by atoms with van der Waals surface area (Å²) in [5, 5.41) is 5.14. The molecular formula is C22H21FN6O2. The molecule has 4 heterocycles. The van der Waals surface area contributed by atoms with Crippen LogP contribution in [0.5, 0.6) is 0 Å². The van der Waals surface area contributed by atoms with Gasteiger partial charge in [0.25, 0.3) is 5.56 Å². The molecule has 2 atom stereocenters. The lowest BCUT2D eigenvalue weighted by atomic mass is 9.83. The molecule has 2 bridgehead atoms. The second-order valence-electron chi connectivity index (χ2n) is 7.93. The molecule has 1 aromatic carbocycles. The van der Waals surface area contributed by atoms with E-state index in [1.54, 1.807) is 35.2 Å². The lowest BCUT2D eigenvalue weighted by molar-refractivity contribution is 0.262. The molecule has 2 aromatic heterocycles. The molecule has 0 radical (unpaired) electrons. The molecule has 5 rings (SSSR count). The topological polar surface area (TPSA) is 92.2 Å². The van der Waals surface area contributed by atoms with Crippen molar-refractivity contribution in [1.29, 1.82) is 0 Å². The van der Waals surface area contributed by atoms with Gasteiger partial charge in [-0.15, -0.1) is 0 Å². The van der Waals surface area contributed by atoms with Gasteiger partial charge in [-0.1, -0.05) is 6.07 Å². The molecule has 2 aliphatic heterocycles. The molecule has 1 fully saturated rings. The first-order valence-electron chi connectivity index (χ1n) is 10.2. The number of benzene rings is 1. The van der Waals surface area contributed by atoms with Gasteiger partial charge in [0.2, 0.25) is 5.95 Å². The lowest BCUT2D eigenvalue weighted by Crippen LogP contribution is -2.48. The number of urea groups is 1. The fourth-order valence-electron chi connectivity index (χ4n) is 4.51. The van der Waals surface area contributed by atoms with E-state index < -0.39 is 11.8 Å². The molecule has 2 N–H and O–H groups in total. The Morgan fingerprint density at radius 1 is 1.03 bits per heavy atom. The van der Waals surface area contributed by atoms with Crippen LogP contribution >= 0.6 is 0 Å². The molecule has 0 aliphatic carbocycles. The molecule has 158 valence electrons. The largest absolute Gasteiger partial charge is 0.340 e. The zero-order chi connectivity index (χ0) is 21.4. The minimum Gasteiger partial charge on any atom is -0.340 e. The van der Waals surface area contributed by atoms with Gasteiger partial charge in [0, 0.05) is 49.3 Å². The number of aromatic nitrogens is 3. The Morgan fingerprint density at radius 3 is 2.68 bits per heavy atom. The predicted molar refractivity (Wildman–Crippen MR) is 115 cm³/mol. The quantitative estimate of drug-likeness (QED) is 0.680. The van der Waals surface area contributed by atoms with Crippen molar-refractivity contribution in [2.45, 2.75) is 18.9 Å². The standard InChI is InChI=1S/C22H21FN6O2/c23-16-3-1-4-17(10-16)26-22(31)27-18-5-6-19-15-9-14(12-29(19)20(18)30)11-28(13-15)21-24-7-2-8-25-21/h1-8,10,14-15H,9,11-13H2,(H2,26,27,31)/t14-,15+/m0/s1. The number of carbonyl (C=O) groups is 1. The summed E-state index contributed by atoms with van der Waals surface area (Å²) < 4.78 is 15.1. The molecule has 1 saturated heterocycles. The number of rotatable bonds is 3. The Morgan fingerprint density at radius 2 is 1.87 bits per heavy atom. The van der Waals surface area contributed by atoms with Gasteiger partial charge in [0.05, 0.1) is 0 Å². The number of piperidine rings is 1. The van der Waals surface area contributed by atoms with E-state index in [2.05, 4.69) is 25.5 Å². The summed E-state index contributed by atoms with van der Waals surface area (Å²) in [4.78, 5) is 36.2. The average molecular weight is 420 g/mol. The van der Waals surface area contributed by atoms with Crippen molar-refractivity contribution in [2.75, 3.05) is 28.6 Å². The van der Waals surface area contributed by atoms with Crippen LogP contribution in [0.1, 0.15) is 18.0 Å². The van der Waals surface area contributed by atoms with Gasteiger partial charge in [0.15, 0.2) is 0 Å². The van der Waals surface area contributed by atoms with Crippen LogP contribution in [-0.2, 0) is 6.54 Å². The number of fused-ring (bicyclic) bond motifs is 4. The van der Waals surface area contributed by atoms with E-state index >= 15 is 0 Å². The van der Waals surface area contributed by atoms with Gasteiger partial charge in [-0.2, -0.15) is 0 Å². The van der Waals surface area contributed by atoms with Crippen LogP contribution in [0.2, 0.25) is 0 Å². The first-order chi connectivity index (χ1) is 15.1. The van der Waals surface area contributed by atoms with E-state index in [-0.39, 0.29) is 17.2 Å². The average Bonchev–Trinajstić information content (AvgIpc) is 2.76. The van der Waals surface area contributed by atoms with Crippen LogP contribution < -0.4 is 21.1 Å². The zero-order valence-corrected chi connectivity index (χ0v) is 16.7. The Kier molecular flexibility index (Phi) is 4.85. The maximum absolute atomic E-state index is 13.3. The summed E-state index contributed by atoms with van der Waals surface area (Å²) in [6.07, 6.45) is 4.48. The molecule has 0 spiro atoms. The number of hydrogen-bond acceptors (Lipinski definition) is 5. The van der Waals surface area contributed by atoms with Crippen LogP contribution in [0.25, 0.3) is 0 Å². The highest BCUT2D eigenvalue weighted by molar-refractivity contribution is 5.99. The normalized spacial score (nSPS) is 19.5. The van der Waals surface area contributed by atoms with E-state index in [0.717, 1.165) is 25.2 Å². The fourth-order valence-corrected chi connectivity index (χ4v) is 4.51. The summed E-state index contributed by atoms with van der Waals surface area (Å²) in [7, 11) is 0. The highest BCUT2D eigenvalue weighted by Gasteiger charge is 2.35. The number of nitrogens with one attached hydrogen (secondary N) is 2. The minimum absolute atomic E-state index is 0.194. The van der Waals surface area contributed by atoms with Crippen molar-refractivity contribution in [3.8, 4) is 0 Å². The van der Waals surface area contributed by atoms with Gasteiger partial charge in [-0.25, -0.2) is 19.2 Å². The van der Waals surface area contributed by atoms with Crippen LogP contribution in [0.15, 0.2) is 59.7 Å². The molecule has 0 saturated carbocycles. The SMILES string of the molecule is O=C(Nc1cccc(F)c1)Nc1ccc2n(c1=O)C[C@H]1C[C@@H]2CN(c2ncccn2)C1. The second-order valence-corrected chi connectivity index (χ2v) is 7.93. The summed E-state index contributed by atoms with van der Waals surface area (Å²) in [5.41, 5.74) is 1.23. The van der Waals surface area contributed by atoms with Gasteiger partial charge in [-0.05, 0) is 48.7 Å². The monoisotopic (exact) mass is 420 g/mol. The lowest BCUT2D eigenvalue weighted by Gasteiger charge is -2.42. The van der Waals surface area contributed by atoms with Gasteiger partial charge < -0.3 is 20.1 Å². The Bertz CT molecular complexity index is 1180. The molecular weight excluding hydrogens is 399 g/mol. The number of pyridine rings is 1. The highest BCUT2D eigenvalue weighted by Crippen LogP contribution is 2.36. The molecule has 2 amide bonds. The molecule has 3 aromatic rings. The Labute approximate surface area is 177 Å². The van der Waals surface area contributed by atoms with Crippen molar-refractivity contribution in [3.05, 3.63) is 76.7 Å². The number of nitrogens with zero attached hydrogens (tertiary/aromatic N) is 4. The van der Waals surface area contributed by atoms with E-state index in [1.807, 2.05) is 6.07 Å². The summed E-state index contributed by atoms with van der Waals surface area (Å²) in [5.74, 6) is 0.747. The zero-order valence-electron chi connectivity index (χ0n) is 16.7. The summed E-state index contributed by atoms with van der Waals surface area (Å²) >= 11 is 0. The maximum Gasteiger partial charge on any atom is 0.323 e. The third-order valence-corrected chi connectivity index (χ3v) is 5.77. The van der Waals surface area contributed by atoms with Crippen LogP contribution in [-0.4, -0.2) is 33.7 Å². The third-order valence-electron chi connectivity index (χ3n) is 5.77. The third kappa shape index (κ3) is 3.86. The number of hydrogen-bond donors (Lipinski definition) is 2. The maximum atomic E-state index is 13.3. The molecule has 9 heteroatoms. The number of carbonyl (C=O) groups excluding carboxylic acids is 1.